The number of nitrogens with one attached hydrogen (secondary N) is 1. The molecular weight excluding hydrogens is 584 g/mol. The zero-order valence-corrected chi connectivity index (χ0v) is 22.5. The minimum absolute atomic E-state index is 0.00391. The molecule has 1 atom stereocenters. The molecule has 190 valence electrons. The fraction of sp³-hybridized carbons (Fsp3) is 0.286. The number of amides is 1. The van der Waals surface area contributed by atoms with Gasteiger partial charge in [0.1, 0.15) is 0 Å². The van der Waals surface area contributed by atoms with Gasteiger partial charge in [-0.25, -0.2) is 0 Å². The molecule has 2 aromatic heterocycles. The Balaban J connectivity index is 1.21. The molecule has 0 bridgehead atoms. The van der Waals surface area contributed by atoms with E-state index in [9.17, 15) is 9.18 Å². The maximum atomic E-state index is 14.9. The number of fused-ring (bicyclic) bond motifs is 2. The summed E-state index contributed by atoms with van der Waals surface area (Å²) < 4.78 is 24.7. The number of hydrogen-bond donors (Lipinski definition) is 1. The van der Waals surface area contributed by atoms with Crippen molar-refractivity contribution in [1.82, 2.24) is 20.3 Å². The van der Waals surface area contributed by atoms with Crippen molar-refractivity contribution in [2.24, 2.45) is 0 Å². The Bertz CT molecular complexity index is 1530. The number of carbonyl (C=O) groups excluding carboxylic acids is 1. The molecule has 1 saturated heterocycles. The summed E-state index contributed by atoms with van der Waals surface area (Å²) in [6.45, 7) is 4.19. The number of aromatic nitrogens is 3. The van der Waals surface area contributed by atoms with E-state index in [0.29, 0.717) is 24.3 Å². The molecule has 0 spiro atoms. The molecule has 3 aliphatic rings. The van der Waals surface area contributed by atoms with Gasteiger partial charge in [0.25, 0.3) is 0 Å². The first-order valence-electron chi connectivity index (χ1n) is 12.2. The third-order valence-corrected chi connectivity index (χ3v) is 8.91. The third kappa shape index (κ3) is 5.02. The van der Waals surface area contributed by atoms with Gasteiger partial charge < -0.3 is 0 Å². The Labute approximate surface area is 224 Å². The van der Waals surface area contributed by atoms with Crippen LogP contribution in [-0.4, -0.2) is 47.1 Å². The molecule has 3 aromatic rings. The minimum atomic E-state index is -1.60. The Kier molecular flexibility index (Phi) is 6.49. The molecule has 7 nitrogen and oxygen atoms in total. The molecule has 1 N–H and O–H groups in total. The molecule has 5 heterocycles. The van der Waals surface area contributed by atoms with Crippen molar-refractivity contribution in [2.45, 2.75) is 25.6 Å². The second-order valence-electron chi connectivity index (χ2n) is 9.56. The van der Waals surface area contributed by atoms with Crippen molar-refractivity contribution < 1.29 is 35.1 Å². The summed E-state index contributed by atoms with van der Waals surface area (Å²) >= 11 is -0.329. The van der Waals surface area contributed by atoms with Crippen LogP contribution in [0.15, 0.2) is 52.3 Å². The molecule has 0 aliphatic carbocycles. The molecule has 1 fully saturated rings. The fourth-order valence-electron chi connectivity index (χ4n) is 4.52. The van der Waals surface area contributed by atoms with Crippen LogP contribution in [0.25, 0.3) is 21.5 Å². The first kappa shape index (κ1) is 24.2. The van der Waals surface area contributed by atoms with E-state index in [1.165, 1.54) is 13.3 Å². The standard InChI is InChI=1S/C28H26FIN5O2/c1-28(29)17-37-16-21-4-3-19(12-22(21)28)26(36)32-15-18-11-25-20(14-30-13-18)5-6-23(33-25)24-7-8-31-27(34-24)35-9-2-10-35/h3-8,11-14H,2,9-10,15-17H2,1H3,(H,32,36)/q-1/t28-/m1/s1. The number of benzene rings is 1. The number of alkyl halides is 1. The normalized spacial score (nSPS) is 20.5. The fourth-order valence-corrected chi connectivity index (χ4v) is 6.47. The van der Waals surface area contributed by atoms with Crippen LogP contribution in [-0.2, 0) is 17.0 Å². The maximum absolute atomic E-state index is 14.9. The van der Waals surface area contributed by atoms with Crippen LogP contribution in [0.5, 0.6) is 0 Å². The average molecular weight is 610 g/mol. The number of rotatable bonds is 5. The van der Waals surface area contributed by atoms with Crippen LogP contribution in [0.3, 0.4) is 0 Å². The van der Waals surface area contributed by atoms with Crippen molar-refractivity contribution >= 4 is 22.0 Å². The van der Waals surface area contributed by atoms with E-state index in [1.807, 2.05) is 18.2 Å². The predicted molar refractivity (Wildman–Crippen MR) is 135 cm³/mol. The van der Waals surface area contributed by atoms with Gasteiger partial charge in [0, 0.05) is 0 Å². The SMILES string of the molecule is C[C@@]1(F)COCc2ccc(C(=O)NCC3=C[I-]C=c4ccc(-c5ccnc(N6CCC6)n5)nc4=C3)cc21. The van der Waals surface area contributed by atoms with E-state index in [1.54, 1.807) is 24.4 Å². The number of hydrogen-bond acceptors (Lipinski definition) is 6. The summed E-state index contributed by atoms with van der Waals surface area (Å²) in [5, 5.41) is 4.95. The van der Waals surface area contributed by atoms with E-state index in [-0.39, 0.29) is 33.7 Å². The molecule has 3 aliphatic heterocycles. The van der Waals surface area contributed by atoms with Crippen LogP contribution >= 0.6 is 0 Å². The number of anilines is 1. The van der Waals surface area contributed by atoms with Crippen LogP contribution in [0.4, 0.5) is 10.3 Å². The summed E-state index contributed by atoms with van der Waals surface area (Å²) in [5.74, 6) is 0.514. The summed E-state index contributed by atoms with van der Waals surface area (Å²) in [6, 6.07) is 11.1. The van der Waals surface area contributed by atoms with Gasteiger partial charge in [-0.3, -0.25) is 0 Å². The summed E-state index contributed by atoms with van der Waals surface area (Å²) in [4.78, 5) is 29.1. The topological polar surface area (TPSA) is 80.2 Å². The van der Waals surface area contributed by atoms with Gasteiger partial charge in [0.2, 0.25) is 0 Å². The molecule has 1 aromatic carbocycles. The molecular formula is C28H26FIN5O2-. The predicted octanol–water partition coefficient (Wildman–Crippen LogP) is -0.601. The Hall–Kier alpha value is -3.18. The molecule has 0 unspecified atom stereocenters. The van der Waals surface area contributed by atoms with Crippen LogP contribution < -0.4 is 42.0 Å². The van der Waals surface area contributed by atoms with Gasteiger partial charge in [-0.1, -0.05) is 0 Å². The zero-order valence-electron chi connectivity index (χ0n) is 20.4. The Morgan fingerprint density at radius 3 is 2.86 bits per heavy atom. The van der Waals surface area contributed by atoms with Crippen molar-refractivity contribution in [3.63, 3.8) is 0 Å². The quantitative estimate of drug-likeness (QED) is 0.389. The summed E-state index contributed by atoms with van der Waals surface area (Å²) in [7, 11) is 0. The van der Waals surface area contributed by atoms with Gasteiger partial charge in [0.15, 0.2) is 0 Å². The van der Waals surface area contributed by atoms with Crippen LogP contribution in [0, 0.1) is 0 Å². The van der Waals surface area contributed by atoms with E-state index < -0.39 is 5.67 Å². The van der Waals surface area contributed by atoms with E-state index in [4.69, 9.17) is 14.7 Å². The number of carbonyl (C=O) groups is 1. The number of nitrogens with zero attached hydrogens (tertiary/aromatic N) is 4. The number of pyridine rings is 1. The second kappa shape index (κ2) is 9.94. The van der Waals surface area contributed by atoms with Gasteiger partial charge in [0.05, 0.1) is 0 Å². The van der Waals surface area contributed by atoms with Crippen molar-refractivity contribution in [3.05, 3.63) is 79.5 Å². The Morgan fingerprint density at radius 1 is 1.16 bits per heavy atom. The molecule has 9 heteroatoms. The Morgan fingerprint density at radius 2 is 2.03 bits per heavy atom. The summed E-state index contributed by atoms with van der Waals surface area (Å²) in [6.07, 6.45) is 4.98. The number of ether oxygens (including phenoxy) is 1. The van der Waals surface area contributed by atoms with Gasteiger partial charge >= 0.3 is 225 Å². The van der Waals surface area contributed by atoms with E-state index >= 15 is 0 Å². The van der Waals surface area contributed by atoms with Crippen molar-refractivity contribution in [1.29, 1.82) is 0 Å². The average Bonchev–Trinajstić information content (AvgIpc) is 3.07. The van der Waals surface area contributed by atoms with E-state index in [2.05, 4.69) is 29.4 Å². The van der Waals surface area contributed by atoms with Gasteiger partial charge in [-0.2, -0.15) is 0 Å². The van der Waals surface area contributed by atoms with Crippen LogP contribution in [0.1, 0.15) is 34.8 Å². The third-order valence-electron chi connectivity index (χ3n) is 6.72. The summed E-state index contributed by atoms with van der Waals surface area (Å²) in [5.41, 5.74) is 2.75. The van der Waals surface area contributed by atoms with Crippen LogP contribution in [0.2, 0.25) is 0 Å². The molecule has 1 amide bonds. The van der Waals surface area contributed by atoms with Crippen molar-refractivity contribution in [2.75, 3.05) is 31.1 Å². The molecule has 37 heavy (non-hydrogen) atoms. The first-order chi connectivity index (χ1) is 18.0. The van der Waals surface area contributed by atoms with Gasteiger partial charge in [-0.15, -0.1) is 0 Å². The van der Waals surface area contributed by atoms with Gasteiger partial charge in [-0.05, 0) is 0 Å². The second-order valence-corrected chi connectivity index (χ2v) is 11.5. The molecule has 6 rings (SSSR count). The first-order valence-corrected chi connectivity index (χ1v) is 14.7. The van der Waals surface area contributed by atoms with Crippen molar-refractivity contribution in [3.8, 4) is 11.4 Å². The zero-order chi connectivity index (χ0) is 25.4. The monoisotopic (exact) mass is 610 g/mol. The molecule has 0 saturated carbocycles. The van der Waals surface area contributed by atoms with E-state index in [0.717, 1.165) is 52.1 Å². The number of halogens is 2. The molecule has 0 radical (unpaired) electrons.